The van der Waals surface area contributed by atoms with Crippen LogP contribution in [0.2, 0.25) is 0 Å². The number of hydrogen-bond acceptors (Lipinski definition) is 6. The van der Waals surface area contributed by atoms with Gasteiger partial charge in [-0.05, 0) is 48.2 Å². The van der Waals surface area contributed by atoms with Crippen molar-refractivity contribution in [2.24, 2.45) is 0 Å². The third-order valence-electron chi connectivity index (χ3n) is 4.54. The molecule has 0 saturated carbocycles. The van der Waals surface area contributed by atoms with Crippen LogP contribution in [0.1, 0.15) is 37.8 Å². The summed E-state index contributed by atoms with van der Waals surface area (Å²) in [6, 6.07) is 14.1. The van der Waals surface area contributed by atoms with E-state index in [9.17, 15) is 0 Å². The Hall–Kier alpha value is -3.28. The van der Waals surface area contributed by atoms with Gasteiger partial charge in [-0.2, -0.15) is 0 Å². The molecule has 28 heavy (non-hydrogen) atoms. The zero-order chi connectivity index (χ0) is 19.9. The van der Waals surface area contributed by atoms with Gasteiger partial charge in [0, 0.05) is 23.6 Å². The molecule has 0 saturated heterocycles. The van der Waals surface area contributed by atoms with E-state index in [2.05, 4.69) is 53.3 Å². The first kappa shape index (κ1) is 18.1. The van der Waals surface area contributed by atoms with Gasteiger partial charge in [0.15, 0.2) is 0 Å². The predicted octanol–water partition coefficient (Wildman–Crippen LogP) is 5.37. The average Bonchev–Trinajstić information content (AvgIpc) is 3.31. The van der Waals surface area contributed by atoms with E-state index in [1.807, 2.05) is 37.3 Å². The number of hydrogen-bond donors (Lipinski definition) is 0. The Morgan fingerprint density at radius 3 is 1.71 bits per heavy atom. The minimum atomic E-state index is -0.0698. The normalized spacial score (nSPS) is 11.8. The van der Waals surface area contributed by atoms with Crippen LogP contribution in [0.5, 0.6) is 0 Å². The Kier molecular flexibility index (Phi) is 4.34. The van der Waals surface area contributed by atoms with Crippen molar-refractivity contribution < 1.29 is 8.83 Å². The van der Waals surface area contributed by atoms with Gasteiger partial charge in [0.25, 0.3) is 0 Å². The number of benzene rings is 2. The van der Waals surface area contributed by atoms with Crippen molar-refractivity contribution in [2.75, 3.05) is 0 Å². The lowest BCUT2D eigenvalue weighted by molar-refractivity contribution is 0.532. The first-order valence-corrected chi connectivity index (χ1v) is 9.16. The van der Waals surface area contributed by atoms with E-state index in [1.54, 1.807) is 6.92 Å². The van der Waals surface area contributed by atoms with Gasteiger partial charge in [-0.1, -0.05) is 38.5 Å². The predicted molar refractivity (Wildman–Crippen MR) is 107 cm³/mol. The highest BCUT2D eigenvalue weighted by atomic mass is 16.4. The zero-order valence-electron chi connectivity index (χ0n) is 16.6. The minimum Gasteiger partial charge on any atom is -0.421 e. The van der Waals surface area contributed by atoms with E-state index in [4.69, 9.17) is 8.83 Å². The van der Waals surface area contributed by atoms with Crippen LogP contribution in [0, 0.1) is 13.8 Å². The van der Waals surface area contributed by atoms with Crippen molar-refractivity contribution in [3.63, 3.8) is 0 Å². The molecule has 0 spiro atoms. The minimum absolute atomic E-state index is 0.0698. The van der Waals surface area contributed by atoms with E-state index in [0.717, 1.165) is 22.3 Å². The molecule has 2 heterocycles. The molecule has 0 aliphatic heterocycles. The molecule has 0 amide bonds. The SMILES string of the molecule is Cc1ccc(-c2nnc(-c3cc(-c4nnc(C)o4)cc(C(C)(C)C)c3)o2)cc1. The van der Waals surface area contributed by atoms with Gasteiger partial charge in [-0.3, -0.25) is 0 Å². The first-order valence-electron chi connectivity index (χ1n) is 9.16. The van der Waals surface area contributed by atoms with Gasteiger partial charge in [0.1, 0.15) is 0 Å². The fraction of sp³-hybridized carbons (Fsp3) is 0.273. The fourth-order valence-corrected chi connectivity index (χ4v) is 2.87. The van der Waals surface area contributed by atoms with Crippen molar-refractivity contribution >= 4 is 0 Å². The van der Waals surface area contributed by atoms with Crippen molar-refractivity contribution in [3.8, 4) is 34.4 Å². The molecule has 0 N–H and O–H groups in total. The third kappa shape index (κ3) is 3.58. The molecule has 142 valence electrons. The summed E-state index contributed by atoms with van der Waals surface area (Å²) >= 11 is 0. The lowest BCUT2D eigenvalue weighted by atomic mass is 9.85. The maximum absolute atomic E-state index is 5.97. The quantitative estimate of drug-likeness (QED) is 0.480. The average molecular weight is 374 g/mol. The highest BCUT2D eigenvalue weighted by molar-refractivity contribution is 5.67. The molecule has 2 aromatic carbocycles. The Morgan fingerprint density at radius 2 is 1.18 bits per heavy atom. The highest BCUT2D eigenvalue weighted by Crippen LogP contribution is 2.33. The topological polar surface area (TPSA) is 77.8 Å². The summed E-state index contributed by atoms with van der Waals surface area (Å²) in [5.41, 5.74) is 4.78. The van der Waals surface area contributed by atoms with Gasteiger partial charge in [-0.25, -0.2) is 0 Å². The maximum Gasteiger partial charge on any atom is 0.248 e. The molecule has 6 heteroatoms. The summed E-state index contributed by atoms with van der Waals surface area (Å²) in [5.74, 6) is 1.95. The lowest BCUT2D eigenvalue weighted by Crippen LogP contribution is -2.11. The zero-order valence-corrected chi connectivity index (χ0v) is 16.6. The molecule has 0 fully saturated rings. The molecule has 4 aromatic rings. The summed E-state index contributed by atoms with van der Waals surface area (Å²) in [5, 5.41) is 16.6. The Bertz CT molecular complexity index is 1120. The van der Waals surface area contributed by atoms with Crippen LogP contribution in [0.15, 0.2) is 51.3 Å². The second-order valence-corrected chi connectivity index (χ2v) is 7.95. The monoisotopic (exact) mass is 374 g/mol. The van der Waals surface area contributed by atoms with E-state index in [0.29, 0.717) is 23.6 Å². The maximum atomic E-state index is 5.97. The molecule has 0 aliphatic rings. The smallest absolute Gasteiger partial charge is 0.248 e. The van der Waals surface area contributed by atoms with Crippen LogP contribution in [-0.2, 0) is 5.41 Å². The van der Waals surface area contributed by atoms with Crippen LogP contribution >= 0.6 is 0 Å². The molecule has 0 atom stereocenters. The molecule has 4 rings (SSSR count). The first-order chi connectivity index (χ1) is 13.3. The summed E-state index contributed by atoms with van der Waals surface area (Å²) in [6.07, 6.45) is 0. The molecule has 0 bridgehead atoms. The molecular formula is C22H22N4O2. The van der Waals surface area contributed by atoms with Crippen LogP contribution in [-0.4, -0.2) is 20.4 Å². The standard InChI is InChI=1S/C22H22N4O2/c1-13-6-8-15(9-7-13)19-25-26-21(28-19)17-10-16(20-24-23-14(2)27-20)11-18(12-17)22(3,4)5/h6-12H,1-5H3. The second-order valence-electron chi connectivity index (χ2n) is 7.95. The van der Waals surface area contributed by atoms with Crippen LogP contribution in [0.4, 0.5) is 0 Å². The molecule has 0 aliphatic carbocycles. The van der Waals surface area contributed by atoms with Gasteiger partial charge >= 0.3 is 0 Å². The fourth-order valence-electron chi connectivity index (χ4n) is 2.87. The largest absolute Gasteiger partial charge is 0.421 e. The van der Waals surface area contributed by atoms with Gasteiger partial charge in [-0.15, -0.1) is 20.4 Å². The van der Waals surface area contributed by atoms with Gasteiger partial charge in [0.2, 0.25) is 23.6 Å². The van der Waals surface area contributed by atoms with Crippen molar-refractivity contribution in [1.82, 2.24) is 20.4 Å². The molecule has 6 nitrogen and oxygen atoms in total. The second kappa shape index (κ2) is 6.71. The van der Waals surface area contributed by atoms with Crippen molar-refractivity contribution in [3.05, 3.63) is 59.5 Å². The summed E-state index contributed by atoms with van der Waals surface area (Å²) in [6.45, 7) is 10.3. The Labute approximate surface area is 163 Å². The molecule has 0 radical (unpaired) electrons. The van der Waals surface area contributed by atoms with Crippen molar-refractivity contribution in [1.29, 1.82) is 0 Å². The Balaban J connectivity index is 1.80. The third-order valence-corrected chi connectivity index (χ3v) is 4.54. The van der Waals surface area contributed by atoms with Gasteiger partial charge in [0.05, 0.1) is 0 Å². The number of nitrogens with zero attached hydrogens (tertiary/aromatic N) is 4. The van der Waals surface area contributed by atoms with Crippen LogP contribution in [0.3, 0.4) is 0 Å². The summed E-state index contributed by atoms with van der Waals surface area (Å²) in [7, 11) is 0. The molecular weight excluding hydrogens is 352 g/mol. The molecule has 0 unspecified atom stereocenters. The van der Waals surface area contributed by atoms with Crippen LogP contribution < -0.4 is 0 Å². The van der Waals surface area contributed by atoms with E-state index < -0.39 is 0 Å². The molecule has 2 aromatic heterocycles. The van der Waals surface area contributed by atoms with Crippen LogP contribution in [0.25, 0.3) is 34.4 Å². The Morgan fingerprint density at radius 1 is 0.643 bits per heavy atom. The number of rotatable bonds is 3. The summed E-state index contributed by atoms with van der Waals surface area (Å²) < 4.78 is 11.6. The van der Waals surface area contributed by atoms with Gasteiger partial charge < -0.3 is 8.83 Å². The number of aromatic nitrogens is 4. The van der Waals surface area contributed by atoms with E-state index in [1.165, 1.54) is 5.56 Å². The van der Waals surface area contributed by atoms with E-state index >= 15 is 0 Å². The van der Waals surface area contributed by atoms with Crippen molar-refractivity contribution in [2.45, 2.75) is 40.0 Å². The highest BCUT2D eigenvalue weighted by Gasteiger charge is 2.20. The lowest BCUT2D eigenvalue weighted by Gasteiger charge is -2.20. The number of aryl methyl sites for hydroxylation is 2. The van der Waals surface area contributed by atoms with E-state index in [-0.39, 0.29) is 5.41 Å². The summed E-state index contributed by atoms with van der Waals surface area (Å²) in [4.78, 5) is 0.